The summed E-state index contributed by atoms with van der Waals surface area (Å²) in [5.74, 6) is 0.190. The van der Waals surface area contributed by atoms with E-state index in [9.17, 15) is 18.4 Å². The number of ether oxygens (including phenoxy) is 1. The van der Waals surface area contributed by atoms with E-state index in [4.69, 9.17) is 0 Å². The number of fused-ring (bicyclic) bond motifs is 3. The quantitative estimate of drug-likeness (QED) is 0.245. The average molecular weight is 487 g/mol. The number of hydrogen-bond donors (Lipinski definition) is 0. The molecule has 7 nitrogen and oxygen atoms in total. The maximum absolute atomic E-state index is 13.1. The van der Waals surface area contributed by atoms with Gasteiger partial charge in [-0.05, 0) is 43.5 Å². The largest absolute Gasteiger partial charge is 0.434 e. The van der Waals surface area contributed by atoms with Crippen LogP contribution in [-0.4, -0.2) is 37.3 Å². The van der Waals surface area contributed by atoms with Crippen LogP contribution >= 0.6 is 11.8 Å². The van der Waals surface area contributed by atoms with Crippen molar-refractivity contribution in [2.24, 2.45) is 5.92 Å². The molecule has 4 aromatic rings. The van der Waals surface area contributed by atoms with E-state index < -0.39 is 6.61 Å². The van der Waals surface area contributed by atoms with Gasteiger partial charge < -0.3 is 4.74 Å². The second kappa shape index (κ2) is 9.92. The molecule has 0 amide bonds. The Kier molecular flexibility index (Phi) is 6.97. The first-order valence-electron chi connectivity index (χ1n) is 10.8. The summed E-state index contributed by atoms with van der Waals surface area (Å²) in [5, 5.41) is 9.45. The van der Waals surface area contributed by atoms with E-state index in [-0.39, 0.29) is 28.4 Å². The molecule has 178 valence electrons. The number of para-hydroxylation sites is 1. The number of nitrogens with zero attached hydrogens (tertiary/aromatic N) is 4. The minimum absolute atomic E-state index is 0.0662. The van der Waals surface area contributed by atoms with Gasteiger partial charge in [-0.2, -0.15) is 8.78 Å². The summed E-state index contributed by atoms with van der Waals surface area (Å²) in [5.41, 5.74) is 1.33. The fraction of sp³-hybridized carbons (Fsp3) is 0.333. The summed E-state index contributed by atoms with van der Waals surface area (Å²) in [4.78, 5) is 26.1. The standard InChI is InChI=1S/C24H24F2N4O3S/c1-14(2)10-11-29-21(32)16-6-4-5-7-18(16)30-23(29)27-28-24(30)34-13-19(31)17-12-15(3)8-9-20(17)33-22(25)26/h4-9,12,14,22H,10-11,13H2,1-3H3. The molecule has 0 N–H and O–H groups in total. The Balaban J connectivity index is 1.71. The van der Waals surface area contributed by atoms with Crippen molar-refractivity contribution in [3.05, 3.63) is 63.9 Å². The molecule has 0 saturated carbocycles. The molecule has 34 heavy (non-hydrogen) atoms. The number of alkyl halides is 2. The molecule has 0 aliphatic heterocycles. The average Bonchev–Trinajstić information content (AvgIpc) is 3.22. The van der Waals surface area contributed by atoms with Crippen LogP contribution in [0.15, 0.2) is 52.4 Å². The molecule has 0 aliphatic rings. The molecule has 0 saturated heterocycles. The van der Waals surface area contributed by atoms with Crippen molar-refractivity contribution in [3.8, 4) is 5.75 Å². The van der Waals surface area contributed by atoms with Gasteiger partial charge in [-0.1, -0.05) is 49.4 Å². The van der Waals surface area contributed by atoms with Crippen LogP contribution in [0, 0.1) is 12.8 Å². The van der Waals surface area contributed by atoms with Crippen LogP contribution in [0.5, 0.6) is 5.75 Å². The van der Waals surface area contributed by atoms with E-state index in [1.165, 1.54) is 12.1 Å². The smallest absolute Gasteiger partial charge is 0.387 e. The second-order valence-corrected chi connectivity index (χ2v) is 9.31. The van der Waals surface area contributed by atoms with Gasteiger partial charge in [0, 0.05) is 6.54 Å². The molecule has 0 radical (unpaired) electrons. The zero-order chi connectivity index (χ0) is 24.4. The van der Waals surface area contributed by atoms with Crippen molar-refractivity contribution in [1.29, 1.82) is 0 Å². The lowest BCUT2D eigenvalue weighted by Crippen LogP contribution is -2.24. The highest BCUT2D eigenvalue weighted by molar-refractivity contribution is 7.99. The predicted octanol–water partition coefficient (Wildman–Crippen LogP) is 4.98. The van der Waals surface area contributed by atoms with Crippen LogP contribution in [0.3, 0.4) is 0 Å². The molecule has 10 heteroatoms. The number of Topliss-reactive ketones (excluding diaryl/α,β-unsaturated/α-hetero) is 1. The molecule has 2 heterocycles. The normalized spacial score (nSPS) is 11.7. The van der Waals surface area contributed by atoms with Crippen LogP contribution in [-0.2, 0) is 6.54 Å². The first-order valence-corrected chi connectivity index (χ1v) is 11.8. The molecule has 0 spiro atoms. The summed E-state index contributed by atoms with van der Waals surface area (Å²) >= 11 is 1.13. The lowest BCUT2D eigenvalue weighted by atomic mass is 10.1. The fourth-order valence-corrected chi connectivity index (χ4v) is 4.51. The first kappa shape index (κ1) is 23.9. The molecular formula is C24H24F2N4O3S. The van der Waals surface area contributed by atoms with Crippen LogP contribution in [0.25, 0.3) is 16.7 Å². The summed E-state index contributed by atoms with van der Waals surface area (Å²) < 4.78 is 33.5. The highest BCUT2D eigenvalue weighted by Crippen LogP contribution is 2.27. The van der Waals surface area contributed by atoms with Crippen LogP contribution in [0.4, 0.5) is 8.78 Å². The summed E-state index contributed by atoms with van der Waals surface area (Å²) in [7, 11) is 0. The van der Waals surface area contributed by atoms with E-state index in [0.29, 0.717) is 34.3 Å². The van der Waals surface area contributed by atoms with E-state index in [1.54, 1.807) is 40.2 Å². The number of aryl methyl sites for hydroxylation is 2. The Morgan fingerprint density at radius 3 is 2.65 bits per heavy atom. The lowest BCUT2D eigenvalue weighted by molar-refractivity contribution is -0.0501. The number of hydrogen-bond acceptors (Lipinski definition) is 6. The van der Waals surface area contributed by atoms with E-state index >= 15 is 0 Å². The second-order valence-electron chi connectivity index (χ2n) is 8.36. The summed E-state index contributed by atoms with van der Waals surface area (Å²) in [6, 6.07) is 11.7. The van der Waals surface area contributed by atoms with Crippen molar-refractivity contribution < 1.29 is 18.3 Å². The Bertz CT molecular complexity index is 1410. The number of thioether (sulfide) groups is 1. The highest BCUT2D eigenvalue weighted by atomic mass is 32.2. The zero-order valence-electron chi connectivity index (χ0n) is 19.0. The van der Waals surface area contributed by atoms with Gasteiger partial charge in [0.1, 0.15) is 5.75 Å². The van der Waals surface area contributed by atoms with Crippen molar-refractivity contribution in [1.82, 2.24) is 19.2 Å². The number of carbonyl (C=O) groups excluding carboxylic acids is 1. The van der Waals surface area contributed by atoms with Crippen molar-refractivity contribution in [3.63, 3.8) is 0 Å². The van der Waals surface area contributed by atoms with E-state index in [1.807, 2.05) is 6.07 Å². The van der Waals surface area contributed by atoms with Crippen molar-refractivity contribution >= 4 is 34.2 Å². The third kappa shape index (κ3) is 4.82. The minimum atomic E-state index is -3.03. The number of carbonyl (C=O) groups is 1. The van der Waals surface area contributed by atoms with Crippen LogP contribution < -0.4 is 10.3 Å². The number of aromatic nitrogens is 4. The SMILES string of the molecule is Cc1ccc(OC(F)F)c(C(=O)CSc2nnc3n(CCC(C)C)c(=O)c4ccccc4n23)c1. The molecule has 0 atom stereocenters. The van der Waals surface area contributed by atoms with Crippen LogP contribution in [0.1, 0.15) is 36.2 Å². The fourth-order valence-electron chi connectivity index (χ4n) is 3.68. The molecule has 2 aromatic heterocycles. The highest BCUT2D eigenvalue weighted by Gasteiger charge is 2.20. The van der Waals surface area contributed by atoms with Gasteiger partial charge in [0.2, 0.25) is 5.78 Å². The number of ketones is 1. The number of halogens is 2. The Labute approximate surface area is 198 Å². The third-order valence-corrected chi connectivity index (χ3v) is 6.32. The number of benzene rings is 2. The zero-order valence-corrected chi connectivity index (χ0v) is 19.8. The molecule has 2 aromatic carbocycles. The van der Waals surface area contributed by atoms with E-state index in [2.05, 4.69) is 28.8 Å². The maximum atomic E-state index is 13.1. The van der Waals surface area contributed by atoms with Gasteiger partial charge in [0.15, 0.2) is 10.9 Å². The number of rotatable bonds is 9. The maximum Gasteiger partial charge on any atom is 0.387 e. The molecule has 4 rings (SSSR count). The van der Waals surface area contributed by atoms with Crippen LogP contribution in [0.2, 0.25) is 0 Å². The molecule has 0 aliphatic carbocycles. The topological polar surface area (TPSA) is 78.5 Å². The van der Waals surface area contributed by atoms with Gasteiger partial charge in [-0.3, -0.25) is 18.6 Å². The molecule has 0 bridgehead atoms. The van der Waals surface area contributed by atoms with Gasteiger partial charge in [-0.15, -0.1) is 10.2 Å². The minimum Gasteiger partial charge on any atom is -0.434 e. The monoisotopic (exact) mass is 486 g/mol. The van der Waals surface area contributed by atoms with Gasteiger partial charge in [0.25, 0.3) is 5.56 Å². The molecule has 0 fully saturated rings. The predicted molar refractivity (Wildman–Crippen MR) is 127 cm³/mol. The molecular weight excluding hydrogens is 462 g/mol. The third-order valence-electron chi connectivity index (χ3n) is 5.39. The van der Waals surface area contributed by atoms with E-state index in [0.717, 1.165) is 23.7 Å². The summed E-state index contributed by atoms with van der Waals surface area (Å²) in [6.45, 7) is 3.39. The summed E-state index contributed by atoms with van der Waals surface area (Å²) in [6.07, 6.45) is 0.794. The molecule has 0 unspecified atom stereocenters. The first-order chi connectivity index (χ1) is 16.3. The van der Waals surface area contributed by atoms with Gasteiger partial charge in [-0.25, -0.2) is 0 Å². The Morgan fingerprint density at radius 1 is 1.15 bits per heavy atom. The Hall–Kier alpha value is -3.27. The van der Waals surface area contributed by atoms with Gasteiger partial charge in [0.05, 0.1) is 22.2 Å². The van der Waals surface area contributed by atoms with Gasteiger partial charge >= 0.3 is 6.61 Å². The van der Waals surface area contributed by atoms with Crippen molar-refractivity contribution in [2.45, 2.75) is 45.5 Å². The Morgan fingerprint density at radius 2 is 1.91 bits per heavy atom. The lowest BCUT2D eigenvalue weighted by Gasteiger charge is -2.12. The van der Waals surface area contributed by atoms with Crippen molar-refractivity contribution in [2.75, 3.05) is 5.75 Å².